The summed E-state index contributed by atoms with van der Waals surface area (Å²) >= 11 is 4.16. The van der Waals surface area contributed by atoms with Crippen LogP contribution >= 0.6 is 12.6 Å². The van der Waals surface area contributed by atoms with Crippen molar-refractivity contribution in [3.8, 4) is 0 Å². The second kappa shape index (κ2) is 6.36. The van der Waals surface area contributed by atoms with Gasteiger partial charge in [0.15, 0.2) is 0 Å². The van der Waals surface area contributed by atoms with E-state index < -0.39 is 10.6 Å². The van der Waals surface area contributed by atoms with Crippen LogP contribution in [0.5, 0.6) is 0 Å². The minimum atomic E-state index is -1.02. The van der Waals surface area contributed by atoms with E-state index in [4.69, 9.17) is 0 Å². The van der Waals surface area contributed by atoms with Crippen molar-refractivity contribution < 1.29 is 19.2 Å². The molecular weight excluding hydrogens is 286 g/mol. The number of carbonyl (C=O) groups excluding carboxylic acids is 1. The fraction of sp³-hybridized carbons (Fsp3) is 0.625. The van der Waals surface area contributed by atoms with Crippen LogP contribution in [0, 0.1) is 11.8 Å². The highest BCUT2D eigenvalue weighted by Gasteiger charge is 2.57. The van der Waals surface area contributed by atoms with E-state index in [-0.39, 0.29) is 23.8 Å². The van der Waals surface area contributed by atoms with Gasteiger partial charge in [-0.25, -0.2) is 4.79 Å². The lowest BCUT2D eigenvalue weighted by Gasteiger charge is -2.31. The summed E-state index contributed by atoms with van der Waals surface area (Å²) in [7, 11) is 0. The zero-order valence-electron chi connectivity index (χ0n) is 12.7. The van der Waals surface area contributed by atoms with E-state index in [1.165, 1.54) is 5.57 Å². The first-order chi connectivity index (χ1) is 9.93. The average molecular weight is 310 g/mol. The van der Waals surface area contributed by atoms with Crippen LogP contribution < -0.4 is 0 Å². The number of hydrogen-bond donors (Lipinski definition) is 2. The smallest absolute Gasteiger partial charge is 0.435 e. The van der Waals surface area contributed by atoms with Crippen LogP contribution in [-0.4, -0.2) is 39.9 Å². The SMILES string of the molecule is CC(CS)C(=O)[N@+]1(C(=O)O)C[C@@H](C2=CCC=CC2)CC1C. The Morgan fingerprint density at radius 2 is 2.19 bits per heavy atom. The number of likely N-dealkylation sites (tertiary alicyclic amines) is 1. The molecule has 2 aliphatic rings. The van der Waals surface area contributed by atoms with E-state index >= 15 is 0 Å². The molecule has 0 aromatic rings. The van der Waals surface area contributed by atoms with Crippen LogP contribution in [0.25, 0.3) is 0 Å². The van der Waals surface area contributed by atoms with Crippen LogP contribution in [0.3, 0.4) is 0 Å². The first-order valence-corrected chi connectivity index (χ1v) is 8.17. The van der Waals surface area contributed by atoms with Gasteiger partial charge in [0.25, 0.3) is 0 Å². The molecule has 4 atom stereocenters. The number of hydrogen-bond acceptors (Lipinski definition) is 3. The van der Waals surface area contributed by atoms with E-state index in [9.17, 15) is 14.7 Å². The zero-order valence-corrected chi connectivity index (χ0v) is 13.6. The van der Waals surface area contributed by atoms with Gasteiger partial charge in [-0.15, -0.1) is 0 Å². The molecule has 2 amide bonds. The summed E-state index contributed by atoms with van der Waals surface area (Å²) in [5, 5.41) is 9.76. The second-order valence-electron chi connectivity index (χ2n) is 6.23. The van der Waals surface area contributed by atoms with E-state index in [2.05, 4.69) is 30.9 Å². The van der Waals surface area contributed by atoms with Gasteiger partial charge in [0.1, 0.15) is 12.6 Å². The van der Waals surface area contributed by atoms with Crippen LogP contribution in [-0.2, 0) is 4.79 Å². The number of allylic oxidation sites excluding steroid dienone is 3. The summed E-state index contributed by atoms with van der Waals surface area (Å²) in [4.78, 5) is 24.6. The number of thiol groups is 1. The molecule has 2 unspecified atom stereocenters. The molecule has 2 rings (SSSR count). The molecule has 1 N–H and O–H groups in total. The first-order valence-electron chi connectivity index (χ1n) is 7.54. The van der Waals surface area contributed by atoms with E-state index in [1.807, 2.05) is 6.92 Å². The van der Waals surface area contributed by atoms with Crippen molar-refractivity contribution in [1.29, 1.82) is 0 Å². The summed E-state index contributed by atoms with van der Waals surface area (Å²) in [6.07, 6.45) is 7.97. The normalized spacial score (nSPS) is 33.6. The number of quaternary nitrogens is 1. The number of carbonyl (C=O) groups is 2. The molecule has 4 nitrogen and oxygen atoms in total. The predicted molar refractivity (Wildman–Crippen MR) is 85.2 cm³/mol. The molecule has 0 spiro atoms. The van der Waals surface area contributed by atoms with Crippen LogP contribution in [0.15, 0.2) is 23.8 Å². The third-order valence-corrected chi connectivity index (χ3v) is 5.42. The fourth-order valence-corrected chi connectivity index (χ4v) is 3.71. The Kier molecular flexibility index (Phi) is 4.94. The maximum atomic E-state index is 12.7. The molecule has 1 heterocycles. The van der Waals surface area contributed by atoms with Gasteiger partial charge < -0.3 is 5.11 Å². The van der Waals surface area contributed by atoms with E-state index in [1.54, 1.807) is 6.92 Å². The quantitative estimate of drug-likeness (QED) is 0.478. The number of rotatable bonds is 3. The van der Waals surface area contributed by atoms with Crippen LogP contribution in [0.1, 0.15) is 33.1 Å². The lowest BCUT2D eigenvalue weighted by atomic mass is 9.91. The third-order valence-electron chi connectivity index (χ3n) is 4.88. The molecule has 1 saturated heterocycles. The Hall–Kier alpha value is -1.07. The first kappa shape index (κ1) is 16.3. The van der Waals surface area contributed by atoms with Crippen molar-refractivity contribution in [2.45, 2.75) is 39.2 Å². The molecule has 0 aromatic carbocycles. The minimum Gasteiger partial charge on any atom is -0.435 e. The molecule has 1 aliphatic heterocycles. The molecule has 0 bridgehead atoms. The lowest BCUT2D eigenvalue weighted by molar-refractivity contribution is -0.795. The molecule has 116 valence electrons. The van der Waals surface area contributed by atoms with Gasteiger partial charge >= 0.3 is 12.0 Å². The van der Waals surface area contributed by atoms with Gasteiger partial charge in [-0.05, 0) is 26.7 Å². The van der Waals surface area contributed by atoms with Gasteiger partial charge in [0.2, 0.25) is 0 Å². The Balaban J connectivity index is 2.28. The van der Waals surface area contributed by atoms with Gasteiger partial charge in [-0.2, -0.15) is 21.9 Å². The zero-order chi connectivity index (χ0) is 15.6. The lowest BCUT2D eigenvalue weighted by Crippen LogP contribution is -2.60. The van der Waals surface area contributed by atoms with Gasteiger partial charge in [0.05, 0.1) is 5.92 Å². The minimum absolute atomic E-state index is 0.186. The van der Waals surface area contributed by atoms with Crippen molar-refractivity contribution in [1.82, 2.24) is 0 Å². The fourth-order valence-electron chi connectivity index (χ4n) is 3.55. The third kappa shape index (κ3) is 2.81. The van der Waals surface area contributed by atoms with Crippen molar-refractivity contribution in [2.75, 3.05) is 12.3 Å². The Morgan fingerprint density at radius 3 is 2.71 bits per heavy atom. The summed E-state index contributed by atoms with van der Waals surface area (Å²) in [5.74, 6) is 0.0250. The molecule has 0 saturated carbocycles. The van der Waals surface area contributed by atoms with Crippen LogP contribution in [0.4, 0.5) is 4.79 Å². The number of amides is 2. The van der Waals surface area contributed by atoms with Crippen molar-refractivity contribution in [2.24, 2.45) is 11.8 Å². The van der Waals surface area contributed by atoms with Gasteiger partial charge in [0, 0.05) is 18.1 Å². The maximum absolute atomic E-state index is 12.7. The summed E-state index contributed by atoms with van der Waals surface area (Å²) in [6, 6.07) is -0.186. The molecule has 1 aliphatic carbocycles. The summed E-state index contributed by atoms with van der Waals surface area (Å²) in [5.41, 5.74) is 1.29. The molecule has 0 radical (unpaired) electrons. The average Bonchev–Trinajstić information content (AvgIpc) is 2.85. The number of imide groups is 1. The van der Waals surface area contributed by atoms with Crippen molar-refractivity contribution in [3.63, 3.8) is 0 Å². The number of carboxylic acid groups (broad SMARTS) is 1. The highest BCUT2D eigenvalue weighted by molar-refractivity contribution is 7.80. The second-order valence-corrected chi connectivity index (χ2v) is 6.59. The monoisotopic (exact) mass is 310 g/mol. The predicted octanol–water partition coefficient (Wildman–Crippen LogP) is 3.26. The van der Waals surface area contributed by atoms with Crippen LogP contribution in [0.2, 0.25) is 0 Å². The molecule has 1 fully saturated rings. The van der Waals surface area contributed by atoms with Crippen molar-refractivity contribution in [3.05, 3.63) is 23.8 Å². The van der Waals surface area contributed by atoms with E-state index in [0.717, 1.165) is 19.3 Å². The van der Waals surface area contributed by atoms with Gasteiger partial charge in [-0.1, -0.05) is 23.8 Å². The summed E-state index contributed by atoms with van der Waals surface area (Å²) in [6.45, 7) is 4.03. The molecule has 5 heteroatoms. The van der Waals surface area contributed by atoms with Crippen molar-refractivity contribution >= 4 is 24.6 Å². The summed E-state index contributed by atoms with van der Waals surface area (Å²) < 4.78 is -0.437. The Labute approximate surface area is 131 Å². The highest BCUT2D eigenvalue weighted by Crippen LogP contribution is 2.39. The van der Waals surface area contributed by atoms with Gasteiger partial charge in [-0.3, -0.25) is 0 Å². The maximum Gasteiger partial charge on any atom is 0.521 e. The Morgan fingerprint density at radius 1 is 1.48 bits per heavy atom. The molecule has 21 heavy (non-hydrogen) atoms. The molecular formula is C16H24NO3S+. The standard InChI is InChI=1S/C16H23NO3S/c1-11(10-21)15(18)17(16(19)20)9-14(8-12(17)2)13-6-4-3-5-7-13/h3-4,7,11-12,14H,5-6,8-10H2,1-2H3,(H-,19,20,21)/p+1/t11?,12?,14-,17-/m0/s1. The number of nitrogens with zero attached hydrogens (tertiary/aromatic N) is 1. The van der Waals surface area contributed by atoms with E-state index in [0.29, 0.717) is 12.3 Å². The topological polar surface area (TPSA) is 54.4 Å². The largest absolute Gasteiger partial charge is 0.521 e. The Bertz CT molecular complexity index is 500. The highest BCUT2D eigenvalue weighted by atomic mass is 32.1. The molecule has 0 aromatic heterocycles.